The van der Waals surface area contributed by atoms with E-state index in [4.69, 9.17) is 14.2 Å². The van der Waals surface area contributed by atoms with Crippen LogP contribution in [0.5, 0.6) is 11.5 Å². The number of methoxy groups -OCH3 is 2. The molecule has 1 amide bonds. The van der Waals surface area contributed by atoms with Gasteiger partial charge in [0.1, 0.15) is 6.10 Å². The monoisotopic (exact) mass is 410 g/mol. The first kappa shape index (κ1) is 20.5. The Morgan fingerprint density at radius 1 is 1.03 bits per heavy atom. The molecule has 2 aromatic carbocycles. The summed E-state index contributed by atoms with van der Waals surface area (Å²) < 4.78 is 16.4. The van der Waals surface area contributed by atoms with E-state index in [2.05, 4.69) is 35.2 Å². The fraction of sp³-hybridized carbons (Fsp3) is 0.458. The van der Waals surface area contributed by atoms with Crippen molar-refractivity contribution in [3.8, 4) is 11.5 Å². The van der Waals surface area contributed by atoms with Gasteiger partial charge in [0.05, 0.1) is 26.5 Å². The molecule has 30 heavy (non-hydrogen) atoms. The van der Waals surface area contributed by atoms with Crippen molar-refractivity contribution in [3.05, 3.63) is 54.1 Å². The first-order chi connectivity index (χ1) is 14.7. The van der Waals surface area contributed by atoms with Gasteiger partial charge in [-0.3, -0.25) is 9.80 Å². The summed E-state index contributed by atoms with van der Waals surface area (Å²) in [5.41, 5.74) is 2.13. The quantitative estimate of drug-likeness (QED) is 0.687. The van der Waals surface area contributed by atoms with Crippen LogP contribution in [0.3, 0.4) is 0 Å². The summed E-state index contributed by atoms with van der Waals surface area (Å²) >= 11 is 0. The van der Waals surface area contributed by atoms with E-state index < -0.39 is 0 Å². The van der Waals surface area contributed by atoms with Crippen LogP contribution in [-0.4, -0.2) is 57.0 Å². The molecule has 0 radical (unpaired) electrons. The predicted octanol–water partition coefficient (Wildman–Crippen LogP) is 4.13. The molecular weight excluding hydrogens is 380 g/mol. The summed E-state index contributed by atoms with van der Waals surface area (Å²) in [6, 6.07) is 16.6. The van der Waals surface area contributed by atoms with Crippen LogP contribution in [-0.2, 0) is 11.2 Å². The minimum atomic E-state index is -0.302. The Hall–Kier alpha value is -2.73. The molecule has 4 rings (SSSR count). The lowest BCUT2D eigenvalue weighted by molar-refractivity contribution is 0.0727. The van der Waals surface area contributed by atoms with Gasteiger partial charge in [-0.2, -0.15) is 0 Å². The SMILES string of the molecule is COc1ccc(N2CC(CN3CCCCC3Cc3ccccc3)OC2=O)cc1OC. The second kappa shape index (κ2) is 9.39. The van der Waals surface area contributed by atoms with E-state index in [1.165, 1.54) is 24.8 Å². The Balaban J connectivity index is 1.42. The van der Waals surface area contributed by atoms with E-state index in [-0.39, 0.29) is 12.2 Å². The number of cyclic esters (lactones) is 1. The van der Waals surface area contributed by atoms with Crippen molar-refractivity contribution in [1.82, 2.24) is 4.90 Å². The number of likely N-dealkylation sites (tertiary alicyclic amines) is 1. The first-order valence-corrected chi connectivity index (χ1v) is 10.7. The fourth-order valence-corrected chi connectivity index (χ4v) is 4.50. The number of nitrogens with zero attached hydrogens (tertiary/aromatic N) is 2. The van der Waals surface area contributed by atoms with Crippen LogP contribution in [0.1, 0.15) is 24.8 Å². The Labute approximate surface area is 178 Å². The van der Waals surface area contributed by atoms with Gasteiger partial charge in [0.2, 0.25) is 0 Å². The minimum Gasteiger partial charge on any atom is -0.493 e. The Bertz CT molecular complexity index is 858. The molecule has 160 valence electrons. The molecule has 0 N–H and O–H groups in total. The average molecular weight is 411 g/mol. The third-order valence-electron chi connectivity index (χ3n) is 6.05. The second-order valence-corrected chi connectivity index (χ2v) is 7.99. The smallest absolute Gasteiger partial charge is 0.414 e. The maximum Gasteiger partial charge on any atom is 0.414 e. The molecule has 6 nitrogen and oxygen atoms in total. The fourth-order valence-electron chi connectivity index (χ4n) is 4.50. The van der Waals surface area contributed by atoms with Crippen molar-refractivity contribution in [3.63, 3.8) is 0 Å². The van der Waals surface area contributed by atoms with E-state index >= 15 is 0 Å². The number of carbonyl (C=O) groups is 1. The molecule has 0 aliphatic carbocycles. The first-order valence-electron chi connectivity index (χ1n) is 10.7. The molecule has 2 unspecified atom stereocenters. The highest BCUT2D eigenvalue weighted by Crippen LogP contribution is 2.33. The molecule has 2 fully saturated rings. The van der Waals surface area contributed by atoms with Crippen molar-refractivity contribution in [2.75, 3.05) is 38.8 Å². The molecule has 2 aliphatic heterocycles. The van der Waals surface area contributed by atoms with Gasteiger partial charge in [0.15, 0.2) is 11.5 Å². The van der Waals surface area contributed by atoms with Gasteiger partial charge in [-0.15, -0.1) is 0 Å². The van der Waals surface area contributed by atoms with Gasteiger partial charge < -0.3 is 14.2 Å². The number of piperidine rings is 1. The lowest BCUT2D eigenvalue weighted by Gasteiger charge is -2.36. The largest absolute Gasteiger partial charge is 0.493 e. The van der Waals surface area contributed by atoms with Gasteiger partial charge in [0.25, 0.3) is 0 Å². The summed E-state index contributed by atoms with van der Waals surface area (Å²) in [5.74, 6) is 1.24. The molecule has 6 heteroatoms. The third kappa shape index (κ3) is 4.54. The normalized spacial score (nSPS) is 22.1. The van der Waals surface area contributed by atoms with E-state index in [0.717, 1.165) is 25.2 Å². The van der Waals surface area contributed by atoms with Gasteiger partial charge in [0, 0.05) is 18.7 Å². The lowest BCUT2D eigenvalue weighted by atomic mass is 9.95. The zero-order valence-electron chi connectivity index (χ0n) is 17.8. The van der Waals surface area contributed by atoms with E-state index in [1.807, 2.05) is 18.2 Å². The van der Waals surface area contributed by atoms with Crippen LogP contribution in [0.2, 0.25) is 0 Å². The molecule has 0 bridgehead atoms. The molecule has 2 heterocycles. The molecule has 0 aromatic heterocycles. The topological polar surface area (TPSA) is 51.2 Å². The Morgan fingerprint density at radius 2 is 1.83 bits per heavy atom. The van der Waals surface area contributed by atoms with Crippen LogP contribution in [0.15, 0.2) is 48.5 Å². The second-order valence-electron chi connectivity index (χ2n) is 7.99. The van der Waals surface area contributed by atoms with Crippen molar-refractivity contribution >= 4 is 11.8 Å². The van der Waals surface area contributed by atoms with Gasteiger partial charge >= 0.3 is 6.09 Å². The minimum absolute atomic E-state index is 0.137. The maximum absolute atomic E-state index is 12.6. The standard InChI is InChI=1S/C24H30N2O4/c1-28-22-12-11-20(15-23(22)29-2)26-17-21(30-24(26)27)16-25-13-7-6-10-19(25)14-18-8-4-3-5-9-18/h3-5,8-9,11-12,15,19,21H,6-7,10,13-14,16-17H2,1-2H3. The molecular formula is C24H30N2O4. The summed E-state index contributed by atoms with van der Waals surface area (Å²) in [7, 11) is 3.19. The molecule has 2 atom stereocenters. The van der Waals surface area contributed by atoms with Crippen LogP contribution in [0.4, 0.5) is 10.5 Å². The number of carbonyl (C=O) groups excluding carboxylic acids is 1. The van der Waals surface area contributed by atoms with Crippen LogP contribution in [0.25, 0.3) is 0 Å². The summed E-state index contributed by atoms with van der Waals surface area (Å²) in [5, 5.41) is 0. The van der Waals surface area contributed by atoms with Crippen molar-refractivity contribution in [2.24, 2.45) is 0 Å². The number of anilines is 1. The summed E-state index contributed by atoms with van der Waals surface area (Å²) in [6.45, 7) is 2.37. The number of hydrogen-bond acceptors (Lipinski definition) is 5. The molecule has 0 saturated carbocycles. The highest BCUT2D eigenvalue weighted by atomic mass is 16.6. The molecule has 2 aliphatic rings. The highest BCUT2D eigenvalue weighted by molar-refractivity contribution is 5.90. The number of amides is 1. The number of ether oxygens (including phenoxy) is 3. The maximum atomic E-state index is 12.6. The number of rotatable bonds is 7. The Morgan fingerprint density at radius 3 is 2.60 bits per heavy atom. The highest BCUT2D eigenvalue weighted by Gasteiger charge is 2.35. The zero-order chi connectivity index (χ0) is 20.9. The average Bonchev–Trinajstić information content (AvgIpc) is 3.15. The van der Waals surface area contributed by atoms with Crippen LogP contribution < -0.4 is 14.4 Å². The van der Waals surface area contributed by atoms with Gasteiger partial charge in [-0.25, -0.2) is 4.79 Å². The number of hydrogen-bond donors (Lipinski definition) is 0. The van der Waals surface area contributed by atoms with E-state index in [0.29, 0.717) is 24.1 Å². The van der Waals surface area contributed by atoms with E-state index in [9.17, 15) is 4.79 Å². The molecule has 2 aromatic rings. The zero-order valence-corrected chi connectivity index (χ0v) is 17.8. The van der Waals surface area contributed by atoms with Crippen molar-refractivity contribution in [2.45, 2.75) is 37.8 Å². The van der Waals surface area contributed by atoms with Gasteiger partial charge in [-0.1, -0.05) is 36.8 Å². The predicted molar refractivity (Wildman–Crippen MR) is 117 cm³/mol. The van der Waals surface area contributed by atoms with Gasteiger partial charge in [-0.05, 0) is 43.5 Å². The van der Waals surface area contributed by atoms with Crippen molar-refractivity contribution in [1.29, 1.82) is 0 Å². The molecule has 0 spiro atoms. The third-order valence-corrected chi connectivity index (χ3v) is 6.05. The Kier molecular flexibility index (Phi) is 6.43. The summed E-state index contributed by atoms with van der Waals surface area (Å²) in [4.78, 5) is 16.8. The molecule has 2 saturated heterocycles. The van der Waals surface area contributed by atoms with Crippen molar-refractivity contribution < 1.29 is 19.0 Å². The lowest BCUT2D eigenvalue weighted by Crippen LogP contribution is -2.45. The van der Waals surface area contributed by atoms with E-state index in [1.54, 1.807) is 19.1 Å². The van der Waals surface area contributed by atoms with Crippen LogP contribution in [0, 0.1) is 0 Å². The summed E-state index contributed by atoms with van der Waals surface area (Å²) in [6.07, 6.45) is 4.25. The number of benzene rings is 2. The van der Waals surface area contributed by atoms with Crippen LogP contribution >= 0.6 is 0 Å².